The molecule has 0 radical (unpaired) electrons. The number of hydrogen-bond acceptors (Lipinski definition) is 4. The highest BCUT2D eigenvalue weighted by Gasteiger charge is 2.18. The molecule has 1 fully saturated rings. The van der Waals surface area contributed by atoms with Crippen molar-refractivity contribution in [3.05, 3.63) is 45.8 Å². The molecule has 122 valence electrons. The summed E-state index contributed by atoms with van der Waals surface area (Å²) in [6, 6.07) is 8.32. The van der Waals surface area contributed by atoms with E-state index in [1.54, 1.807) is 30.3 Å². The summed E-state index contributed by atoms with van der Waals surface area (Å²) in [7, 11) is 0. The maximum atomic E-state index is 12.2. The molecule has 1 N–H and O–H groups in total. The highest BCUT2D eigenvalue weighted by molar-refractivity contribution is 9.10. The highest BCUT2D eigenvalue weighted by atomic mass is 79.9. The van der Waals surface area contributed by atoms with Gasteiger partial charge in [0, 0.05) is 11.6 Å². The van der Waals surface area contributed by atoms with Crippen LogP contribution in [-0.2, 0) is 4.74 Å². The van der Waals surface area contributed by atoms with Crippen LogP contribution >= 0.6 is 27.5 Å². The van der Waals surface area contributed by atoms with Crippen LogP contribution in [0.15, 0.2) is 39.4 Å². The number of carbonyl (C=O) groups is 1. The number of hydrogen-bond donors (Lipinski definition) is 1. The number of furan rings is 1. The normalized spacial score (nSPS) is 17.2. The van der Waals surface area contributed by atoms with E-state index in [0.29, 0.717) is 27.7 Å². The Kier molecular flexibility index (Phi) is 5.25. The summed E-state index contributed by atoms with van der Waals surface area (Å²) in [5, 5.41) is 3.26. The van der Waals surface area contributed by atoms with E-state index in [1.807, 2.05) is 0 Å². The molecule has 0 aliphatic carbocycles. The zero-order chi connectivity index (χ0) is 16.2. The summed E-state index contributed by atoms with van der Waals surface area (Å²) in [5.41, 5.74) is 0.494. The van der Waals surface area contributed by atoms with Crippen LogP contribution in [0.25, 0.3) is 0 Å². The Bertz CT molecular complexity index is 697. The second kappa shape index (κ2) is 7.38. The fourth-order valence-electron chi connectivity index (χ4n) is 2.30. The zero-order valence-corrected chi connectivity index (χ0v) is 14.5. The second-order valence-electron chi connectivity index (χ2n) is 5.14. The number of rotatable bonds is 5. The summed E-state index contributed by atoms with van der Waals surface area (Å²) in [4.78, 5) is 12.2. The number of amides is 1. The number of anilines is 1. The molecule has 1 aromatic carbocycles. The predicted molar refractivity (Wildman–Crippen MR) is 90.3 cm³/mol. The molecule has 1 aromatic heterocycles. The Morgan fingerprint density at radius 1 is 1.39 bits per heavy atom. The van der Waals surface area contributed by atoms with Crippen LogP contribution in [0.5, 0.6) is 5.75 Å². The van der Waals surface area contributed by atoms with Gasteiger partial charge >= 0.3 is 0 Å². The van der Waals surface area contributed by atoms with Crippen LogP contribution in [0.4, 0.5) is 5.69 Å². The number of nitrogens with one attached hydrogen (secondary N) is 1. The number of halogens is 2. The quantitative estimate of drug-likeness (QED) is 0.802. The van der Waals surface area contributed by atoms with E-state index in [4.69, 9.17) is 25.5 Å². The van der Waals surface area contributed by atoms with Gasteiger partial charge in [0.15, 0.2) is 10.4 Å². The molecular formula is C16H15BrClNO4. The van der Waals surface area contributed by atoms with Crippen LogP contribution in [0.1, 0.15) is 23.4 Å². The molecule has 7 heteroatoms. The van der Waals surface area contributed by atoms with Gasteiger partial charge in [-0.1, -0.05) is 11.6 Å². The lowest BCUT2D eigenvalue weighted by atomic mass is 10.2. The minimum Gasteiger partial charge on any atom is -0.489 e. The summed E-state index contributed by atoms with van der Waals surface area (Å²) >= 11 is 9.18. The molecule has 1 atom stereocenters. The van der Waals surface area contributed by atoms with Crippen molar-refractivity contribution < 1.29 is 18.7 Å². The van der Waals surface area contributed by atoms with Crippen molar-refractivity contribution in [2.24, 2.45) is 0 Å². The Morgan fingerprint density at radius 3 is 2.96 bits per heavy atom. The molecule has 0 saturated carbocycles. The summed E-state index contributed by atoms with van der Waals surface area (Å²) in [6.07, 6.45) is 2.12. The fraction of sp³-hybridized carbons (Fsp3) is 0.312. The third-order valence-electron chi connectivity index (χ3n) is 3.44. The number of carbonyl (C=O) groups excluding carboxylic acids is 1. The first-order chi connectivity index (χ1) is 11.1. The molecule has 3 rings (SSSR count). The lowest BCUT2D eigenvalue weighted by Gasteiger charge is -2.15. The first-order valence-corrected chi connectivity index (χ1v) is 8.39. The van der Waals surface area contributed by atoms with Crippen molar-refractivity contribution in [2.45, 2.75) is 18.9 Å². The molecule has 1 saturated heterocycles. The Morgan fingerprint density at radius 2 is 2.26 bits per heavy atom. The molecule has 1 aliphatic heterocycles. The average molecular weight is 401 g/mol. The molecule has 23 heavy (non-hydrogen) atoms. The smallest absolute Gasteiger partial charge is 0.291 e. The minimum atomic E-state index is -0.375. The van der Waals surface area contributed by atoms with Crippen molar-refractivity contribution in [3.8, 4) is 5.75 Å². The fourth-order valence-corrected chi connectivity index (χ4v) is 2.78. The molecular weight excluding hydrogens is 386 g/mol. The van der Waals surface area contributed by atoms with E-state index in [-0.39, 0.29) is 17.8 Å². The molecule has 0 bridgehead atoms. The van der Waals surface area contributed by atoms with E-state index >= 15 is 0 Å². The van der Waals surface area contributed by atoms with E-state index in [2.05, 4.69) is 21.2 Å². The van der Waals surface area contributed by atoms with Crippen LogP contribution in [0, 0.1) is 0 Å². The Labute approximate surface area is 147 Å². The van der Waals surface area contributed by atoms with Crippen LogP contribution in [0.3, 0.4) is 0 Å². The summed E-state index contributed by atoms with van der Waals surface area (Å²) < 4.78 is 17.0. The zero-order valence-electron chi connectivity index (χ0n) is 12.2. The van der Waals surface area contributed by atoms with Gasteiger partial charge in [0.25, 0.3) is 5.91 Å². The van der Waals surface area contributed by atoms with E-state index < -0.39 is 0 Å². The van der Waals surface area contributed by atoms with Crippen LogP contribution < -0.4 is 10.1 Å². The van der Waals surface area contributed by atoms with Crippen LogP contribution in [0.2, 0.25) is 5.02 Å². The van der Waals surface area contributed by atoms with Crippen molar-refractivity contribution in [1.82, 2.24) is 0 Å². The highest BCUT2D eigenvalue weighted by Crippen LogP contribution is 2.29. The maximum Gasteiger partial charge on any atom is 0.291 e. The molecule has 0 spiro atoms. The number of benzene rings is 1. The van der Waals surface area contributed by atoms with Crippen molar-refractivity contribution >= 4 is 39.1 Å². The van der Waals surface area contributed by atoms with Gasteiger partial charge in [-0.15, -0.1) is 0 Å². The molecule has 0 unspecified atom stereocenters. The Balaban J connectivity index is 1.71. The van der Waals surface area contributed by atoms with Gasteiger partial charge in [0.05, 0.1) is 11.8 Å². The van der Waals surface area contributed by atoms with Gasteiger partial charge in [-0.05, 0) is 59.1 Å². The van der Waals surface area contributed by atoms with Crippen molar-refractivity contribution in [3.63, 3.8) is 0 Å². The monoisotopic (exact) mass is 399 g/mol. The minimum absolute atomic E-state index is 0.0928. The Hall–Kier alpha value is -1.50. The van der Waals surface area contributed by atoms with E-state index in [9.17, 15) is 4.79 Å². The topological polar surface area (TPSA) is 60.7 Å². The van der Waals surface area contributed by atoms with Crippen molar-refractivity contribution in [2.75, 3.05) is 18.5 Å². The van der Waals surface area contributed by atoms with E-state index in [0.717, 1.165) is 19.4 Å². The third-order valence-corrected chi connectivity index (χ3v) is 4.10. The summed E-state index contributed by atoms with van der Waals surface area (Å²) in [6.45, 7) is 1.21. The molecule has 2 heterocycles. The molecule has 1 aliphatic rings. The lowest BCUT2D eigenvalue weighted by molar-refractivity contribution is 0.0682. The molecule has 1 amide bonds. The second-order valence-corrected chi connectivity index (χ2v) is 6.36. The first kappa shape index (κ1) is 16.4. The SMILES string of the molecule is O=C(Nc1cc(Cl)ccc1OC[C@@H]1CCCO1)c1ccc(Br)o1. The van der Waals surface area contributed by atoms with Gasteiger partial charge in [-0.2, -0.15) is 0 Å². The van der Waals surface area contributed by atoms with Crippen molar-refractivity contribution in [1.29, 1.82) is 0 Å². The van der Waals surface area contributed by atoms with Gasteiger partial charge in [0.1, 0.15) is 12.4 Å². The van der Waals surface area contributed by atoms with Gasteiger partial charge in [0.2, 0.25) is 0 Å². The van der Waals surface area contributed by atoms with Gasteiger partial charge < -0.3 is 19.2 Å². The lowest BCUT2D eigenvalue weighted by Crippen LogP contribution is -2.18. The third kappa shape index (κ3) is 4.28. The largest absolute Gasteiger partial charge is 0.489 e. The van der Waals surface area contributed by atoms with E-state index in [1.165, 1.54) is 0 Å². The van der Waals surface area contributed by atoms with Gasteiger partial charge in [-0.25, -0.2) is 0 Å². The standard InChI is InChI=1S/C16H15BrClNO4/c17-15-6-5-14(23-15)16(20)19-12-8-10(18)3-4-13(12)22-9-11-2-1-7-21-11/h3-6,8,11H,1-2,7,9H2,(H,19,20)/t11-/m0/s1. The first-order valence-electron chi connectivity index (χ1n) is 7.22. The molecule has 2 aromatic rings. The number of ether oxygens (including phenoxy) is 2. The summed E-state index contributed by atoms with van der Waals surface area (Å²) in [5.74, 6) is 0.366. The molecule has 5 nitrogen and oxygen atoms in total. The van der Waals surface area contributed by atoms with Crippen LogP contribution in [-0.4, -0.2) is 25.2 Å². The maximum absolute atomic E-state index is 12.2. The average Bonchev–Trinajstić information content (AvgIpc) is 3.18. The van der Waals surface area contributed by atoms with Gasteiger partial charge in [-0.3, -0.25) is 4.79 Å². The predicted octanol–water partition coefficient (Wildman–Crippen LogP) is 4.51.